The van der Waals surface area contributed by atoms with Gasteiger partial charge in [-0.2, -0.15) is 0 Å². The number of para-hydroxylation sites is 1. The summed E-state index contributed by atoms with van der Waals surface area (Å²) in [4.78, 5) is 36.6. The Hall–Kier alpha value is -3.15. The Labute approximate surface area is 157 Å². The van der Waals surface area contributed by atoms with Gasteiger partial charge < -0.3 is 20.2 Å². The van der Waals surface area contributed by atoms with Crippen LogP contribution >= 0.6 is 0 Å². The second kappa shape index (κ2) is 8.49. The van der Waals surface area contributed by atoms with E-state index in [4.69, 9.17) is 4.74 Å². The first-order chi connectivity index (χ1) is 13.0. The molecule has 0 saturated carbocycles. The Morgan fingerprint density at radius 1 is 1.11 bits per heavy atom. The molecule has 6 heteroatoms. The van der Waals surface area contributed by atoms with E-state index in [-0.39, 0.29) is 30.6 Å². The normalized spacial score (nSPS) is 18.6. The quantitative estimate of drug-likeness (QED) is 0.852. The van der Waals surface area contributed by atoms with Crippen LogP contribution in [0.1, 0.15) is 24.5 Å². The van der Waals surface area contributed by atoms with Crippen molar-refractivity contribution in [2.75, 3.05) is 5.32 Å². The number of carbonyl (C=O) groups is 3. The highest BCUT2D eigenvalue weighted by Gasteiger charge is 2.34. The summed E-state index contributed by atoms with van der Waals surface area (Å²) < 4.78 is 5.24. The number of ether oxygens (including phenoxy) is 1. The molecular formula is C21H22N2O4. The average Bonchev–Trinajstić information content (AvgIpc) is 2.77. The van der Waals surface area contributed by atoms with Crippen LogP contribution in [0.5, 0.6) is 0 Å². The lowest BCUT2D eigenvalue weighted by Gasteiger charge is -2.23. The van der Waals surface area contributed by atoms with Crippen LogP contribution in [0.3, 0.4) is 0 Å². The van der Waals surface area contributed by atoms with E-state index in [0.717, 1.165) is 11.1 Å². The van der Waals surface area contributed by atoms with E-state index in [1.165, 1.54) is 6.92 Å². The van der Waals surface area contributed by atoms with Crippen molar-refractivity contribution in [3.8, 4) is 0 Å². The van der Waals surface area contributed by atoms with Crippen LogP contribution in [-0.2, 0) is 27.4 Å². The van der Waals surface area contributed by atoms with Crippen molar-refractivity contribution in [2.45, 2.75) is 32.4 Å². The van der Waals surface area contributed by atoms with E-state index in [0.29, 0.717) is 12.1 Å². The van der Waals surface area contributed by atoms with Crippen molar-refractivity contribution in [1.29, 1.82) is 0 Å². The van der Waals surface area contributed by atoms with Gasteiger partial charge in [0, 0.05) is 12.1 Å². The van der Waals surface area contributed by atoms with E-state index in [1.54, 1.807) is 0 Å². The maximum atomic E-state index is 12.7. The lowest BCUT2D eigenvalue weighted by Crippen LogP contribution is -2.48. The number of alkyl carbamates (subject to hydrolysis) is 1. The predicted octanol–water partition coefficient (Wildman–Crippen LogP) is 3.07. The largest absolute Gasteiger partial charge is 0.445 e. The zero-order chi connectivity index (χ0) is 19.2. The van der Waals surface area contributed by atoms with Gasteiger partial charge in [0.2, 0.25) is 5.91 Å². The Morgan fingerprint density at radius 2 is 1.81 bits per heavy atom. The molecule has 2 aromatic rings. The van der Waals surface area contributed by atoms with E-state index < -0.39 is 12.1 Å². The Morgan fingerprint density at radius 3 is 2.56 bits per heavy atom. The Balaban J connectivity index is 1.71. The van der Waals surface area contributed by atoms with E-state index in [2.05, 4.69) is 10.6 Å². The second-order valence-electron chi connectivity index (χ2n) is 6.70. The smallest absolute Gasteiger partial charge is 0.408 e. The summed E-state index contributed by atoms with van der Waals surface area (Å²) in [6.45, 7) is 1.60. The van der Waals surface area contributed by atoms with Crippen LogP contribution < -0.4 is 10.6 Å². The molecule has 1 aliphatic heterocycles. The SMILES string of the molecule is CC(=O)CC1Cc2ccccc2NC(=O)[C@@H]1NC(=O)OCc1ccccc1. The molecule has 0 aliphatic carbocycles. The maximum absolute atomic E-state index is 12.7. The highest BCUT2D eigenvalue weighted by Crippen LogP contribution is 2.27. The minimum atomic E-state index is -0.843. The van der Waals surface area contributed by atoms with E-state index in [9.17, 15) is 14.4 Å². The van der Waals surface area contributed by atoms with E-state index in [1.807, 2.05) is 54.6 Å². The van der Waals surface area contributed by atoms with Crippen molar-refractivity contribution >= 4 is 23.5 Å². The van der Waals surface area contributed by atoms with Crippen molar-refractivity contribution in [1.82, 2.24) is 5.32 Å². The fourth-order valence-corrected chi connectivity index (χ4v) is 3.28. The van der Waals surface area contributed by atoms with Gasteiger partial charge in [0.25, 0.3) is 0 Å². The molecule has 0 aromatic heterocycles. The summed E-state index contributed by atoms with van der Waals surface area (Å²) in [7, 11) is 0. The molecular weight excluding hydrogens is 344 g/mol. The zero-order valence-corrected chi connectivity index (χ0v) is 15.1. The molecule has 0 spiro atoms. The van der Waals surface area contributed by atoms with E-state index >= 15 is 0 Å². The Bertz CT molecular complexity index is 835. The van der Waals surface area contributed by atoms with Gasteiger partial charge >= 0.3 is 6.09 Å². The number of fused-ring (bicyclic) bond motifs is 1. The molecule has 1 heterocycles. The third-order valence-electron chi connectivity index (χ3n) is 4.55. The highest BCUT2D eigenvalue weighted by atomic mass is 16.5. The van der Waals surface area contributed by atoms with Gasteiger partial charge in [-0.1, -0.05) is 48.5 Å². The molecule has 0 fully saturated rings. The lowest BCUT2D eigenvalue weighted by atomic mass is 9.88. The molecule has 2 N–H and O–H groups in total. The molecule has 1 unspecified atom stereocenters. The monoisotopic (exact) mass is 366 g/mol. The number of Topliss-reactive ketones (excluding diaryl/α,β-unsaturated/α-hetero) is 1. The Kier molecular flexibility index (Phi) is 5.86. The van der Waals surface area contributed by atoms with Gasteiger partial charge in [0.05, 0.1) is 0 Å². The number of carbonyl (C=O) groups excluding carboxylic acids is 3. The molecule has 140 valence electrons. The van der Waals surface area contributed by atoms with Crippen LogP contribution in [-0.4, -0.2) is 23.8 Å². The first-order valence-electron chi connectivity index (χ1n) is 8.88. The van der Waals surface area contributed by atoms with Crippen LogP contribution in [0, 0.1) is 5.92 Å². The second-order valence-corrected chi connectivity index (χ2v) is 6.70. The standard InChI is InChI=1S/C21H22N2O4/c1-14(24)11-17-12-16-9-5-6-10-18(16)22-20(25)19(17)23-21(26)27-13-15-7-3-2-4-8-15/h2-10,17,19H,11-13H2,1H3,(H,22,25)(H,23,26)/t17?,19-/m1/s1. The minimum Gasteiger partial charge on any atom is -0.445 e. The summed E-state index contributed by atoms with van der Waals surface area (Å²) in [5.41, 5.74) is 2.50. The summed E-state index contributed by atoms with van der Waals surface area (Å²) in [6, 6.07) is 15.9. The summed E-state index contributed by atoms with van der Waals surface area (Å²) in [5.74, 6) is -0.713. The molecule has 2 atom stereocenters. The number of anilines is 1. The number of hydrogen-bond acceptors (Lipinski definition) is 4. The van der Waals surface area contributed by atoms with Crippen LogP contribution in [0.2, 0.25) is 0 Å². The van der Waals surface area contributed by atoms with Crippen LogP contribution in [0.4, 0.5) is 10.5 Å². The number of benzene rings is 2. The number of amides is 2. The van der Waals surface area contributed by atoms with Gasteiger partial charge in [-0.3, -0.25) is 4.79 Å². The maximum Gasteiger partial charge on any atom is 0.408 e. The third-order valence-corrected chi connectivity index (χ3v) is 4.55. The summed E-state index contributed by atoms with van der Waals surface area (Å²) >= 11 is 0. The highest BCUT2D eigenvalue weighted by molar-refractivity contribution is 5.98. The topological polar surface area (TPSA) is 84.5 Å². The number of rotatable bonds is 5. The van der Waals surface area contributed by atoms with Crippen LogP contribution in [0.15, 0.2) is 54.6 Å². The molecule has 0 bridgehead atoms. The summed E-state index contributed by atoms with van der Waals surface area (Å²) in [6.07, 6.45) is 0.0299. The van der Waals surface area contributed by atoms with Crippen molar-refractivity contribution in [3.05, 3.63) is 65.7 Å². The zero-order valence-electron chi connectivity index (χ0n) is 15.1. The third kappa shape index (κ3) is 4.94. The van der Waals surface area contributed by atoms with Crippen molar-refractivity contribution in [2.24, 2.45) is 5.92 Å². The van der Waals surface area contributed by atoms with Crippen molar-refractivity contribution in [3.63, 3.8) is 0 Å². The molecule has 27 heavy (non-hydrogen) atoms. The van der Waals surface area contributed by atoms with Gasteiger partial charge in [0.1, 0.15) is 18.4 Å². The molecule has 0 saturated heterocycles. The van der Waals surface area contributed by atoms with Gasteiger partial charge in [-0.05, 0) is 36.5 Å². The predicted molar refractivity (Wildman–Crippen MR) is 101 cm³/mol. The average molecular weight is 366 g/mol. The fourth-order valence-electron chi connectivity index (χ4n) is 3.28. The number of nitrogens with one attached hydrogen (secondary N) is 2. The molecule has 0 radical (unpaired) electrons. The molecule has 3 rings (SSSR count). The molecule has 1 aliphatic rings. The van der Waals surface area contributed by atoms with Crippen LogP contribution in [0.25, 0.3) is 0 Å². The first kappa shape index (κ1) is 18.6. The number of ketones is 1. The minimum absolute atomic E-state index is 0.0309. The lowest BCUT2D eigenvalue weighted by molar-refractivity contribution is -0.121. The van der Waals surface area contributed by atoms with Crippen molar-refractivity contribution < 1.29 is 19.1 Å². The number of hydrogen-bond donors (Lipinski definition) is 2. The molecule has 2 amide bonds. The van der Waals surface area contributed by atoms with Gasteiger partial charge in [-0.25, -0.2) is 4.79 Å². The molecule has 2 aromatic carbocycles. The summed E-state index contributed by atoms with van der Waals surface area (Å²) in [5, 5.41) is 5.48. The fraction of sp³-hybridized carbons (Fsp3) is 0.286. The van der Waals surface area contributed by atoms with Gasteiger partial charge in [0.15, 0.2) is 0 Å². The molecule has 6 nitrogen and oxygen atoms in total. The first-order valence-corrected chi connectivity index (χ1v) is 8.88. The van der Waals surface area contributed by atoms with Gasteiger partial charge in [-0.15, -0.1) is 0 Å².